The molecule has 0 spiro atoms. The minimum Gasteiger partial charge on any atom is -0.494 e. The lowest BCUT2D eigenvalue weighted by Crippen LogP contribution is -2.34. The van der Waals surface area contributed by atoms with Gasteiger partial charge in [0.2, 0.25) is 11.8 Å². The third kappa shape index (κ3) is 7.21. The van der Waals surface area contributed by atoms with Crippen molar-refractivity contribution in [3.8, 4) is 5.75 Å². The average Bonchev–Trinajstić information content (AvgIpc) is 2.66. The van der Waals surface area contributed by atoms with E-state index < -0.39 is 0 Å². The van der Waals surface area contributed by atoms with E-state index in [1.807, 2.05) is 61.5 Å². The Hall–Kier alpha value is -3.08. The Morgan fingerprint density at radius 1 is 0.962 bits per heavy atom. The summed E-state index contributed by atoms with van der Waals surface area (Å²) in [5, 5.41) is 5.53. The molecular weight excluding hydrogens is 328 g/mol. The molecule has 0 saturated heterocycles. The summed E-state index contributed by atoms with van der Waals surface area (Å²) in [6.07, 6.45) is 3.53. The highest BCUT2D eigenvalue weighted by molar-refractivity contribution is 5.91. The molecule has 5 heteroatoms. The topological polar surface area (TPSA) is 67.4 Å². The third-order valence-electron chi connectivity index (χ3n) is 3.57. The van der Waals surface area contributed by atoms with Crippen molar-refractivity contribution in [3.05, 3.63) is 71.8 Å². The van der Waals surface area contributed by atoms with Crippen molar-refractivity contribution >= 4 is 17.9 Å². The first-order valence-corrected chi connectivity index (χ1v) is 8.67. The highest BCUT2D eigenvalue weighted by Crippen LogP contribution is 2.12. The smallest absolute Gasteiger partial charge is 0.244 e. The van der Waals surface area contributed by atoms with Crippen LogP contribution < -0.4 is 15.4 Å². The van der Waals surface area contributed by atoms with Gasteiger partial charge in [0.15, 0.2) is 0 Å². The predicted molar refractivity (Wildman–Crippen MR) is 103 cm³/mol. The minimum atomic E-state index is -0.186. The summed E-state index contributed by atoms with van der Waals surface area (Å²) in [6.45, 7) is 3.32. The number of hydrogen-bond donors (Lipinski definition) is 2. The van der Waals surface area contributed by atoms with Gasteiger partial charge in [-0.25, -0.2) is 0 Å². The lowest BCUT2D eigenvalue weighted by atomic mass is 10.1. The molecule has 0 fully saturated rings. The molecule has 0 radical (unpaired) electrons. The summed E-state index contributed by atoms with van der Waals surface area (Å²) in [5.41, 5.74) is 1.88. The van der Waals surface area contributed by atoms with Gasteiger partial charge in [-0.3, -0.25) is 9.59 Å². The predicted octanol–water partition coefficient (Wildman–Crippen LogP) is 2.57. The second-order valence-electron chi connectivity index (χ2n) is 5.64. The molecule has 2 amide bonds. The maximum atomic E-state index is 11.9. The summed E-state index contributed by atoms with van der Waals surface area (Å²) in [5.74, 6) is 0.528. The summed E-state index contributed by atoms with van der Waals surface area (Å²) in [6, 6.07) is 17.1. The van der Waals surface area contributed by atoms with Gasteiger partial charge in [0, 0.05) is 19.2 Å². The molecule has 2 aromatic carbocycles. The summed E-state index contributed by atoms with van der Waals surface area (Å²) < 4.78 is 5.37. The molecule has 136 valence electrons. The molecule has 0 heterocycles. The van der Waals surface area contributed by atoms with E-state index >= 15 is 0 Å². The van der Waals surface area contributed by atoms with E-state index in [0.29, 0.717) is 26.1 Å². The highest BCUT2D eigenvalue weighted by atomic mass is 16.5. The number of benzene rings is 2. The number of rotatable bonds is 9. The Bertz CT molecular complexity index is 725. The van der Waals surface area contributed by atoms with Crippen molar-refractivity contribution in [3.63, 3.8) is 0 Å². The first kappa shape index (κ1) is 19.2. The van der Waals surface area contributed by atoms with Crippen molar-refractivity contribution < 1.29 is 14.3 Å². The zero-order valence-corrected chi connectivity index (χ0v) is 14.9. The zero-order valence-electron chi connectivity index (χ0n) is 14.9. The largest absolute Gasteiger partial charge is 0.494 e. The van der Waals surface area contributed by atoms with Crippen LogP contribution in [0.2, 0.25) is 0 Å². The second-order valence-corrected chi connectivity index (χ2v) is 5.64. The Kier molecular flexibility index (Phi) is 7.93. The van der Waals surface area contributed by atoms with Crippen molar-refractivity contribution in [1.29, 1.82) is 0 Å². The standard InChI is InChI=1S/C21H24N2O3/c1-2-26-19-11-8-18(9-12-19)16-21(25)23-15-14-22-20(24)13-10-17-6-4-3-5-7-17/h3-13H,2,14-16H2,1H3,(H,22,24)(H,23,25)/b13-10+. The molecule has 0 atom stereocenters. The molecule has 0 unspecified atom stereocenters. The molecule has 2 aromatic rings. The number of carbonyl (C=O) groups is 2. The molecule has 5 nitrogen and oxygen atoms in total. The van der Waals surface area contributed by atoms with Crippen molar-refractivity contribution in [2.45, 2.75) is 13.3 Å². The van der Waals surface area contributed by atoms with Crippen molar-refractivity contribution in [1.82, 2.24) is 10.6 Å². The highest BCUT2D eigenvalue weighted by Gasteiger charge is 2.03. The van der Waals surface area contributed by atoms with Gasteiger partial charge in [-0.1, -0.05) is 42.5 Å². The van der Waals surface area contributed by atoms with Gasteiger partial charge in [-0.2, -0.15) is 0 Å². The molecule has 0 bridgehead atoms. The molecule has 0 aliphatic rings. The van der Waals surface area contributed by atoms with Crippen LogP contribution in [0.25, 0.3) is 6.08 Å². The van der Waals surface area contributed by atoms with Gasteiger partial charge >= 0.3 is 0 Å². The van der Waals surface area contributed by atoms with Crippen LogP contribution in [-0.2, 0) is 16.0 Å². The van der Waals surface area contributed by atoms with Crippen LogP contribution in [0.15, 0.2) is 60.7 Å². The Labute approximate surface area is 154 Å². The Balaban J connectivity index is 1.63. The van der Waals surface area contributed by atoms with Gasteiger partial charge in [0.05, 0.1) is 13.0 Å². The van der Waals surface area contributed by atoms with Crippen LogP contribution in [0.3, 0.4) is 0 Å². The van der Waals surface area contributed by atoms with E-state index in [-0.39, 0.29) is 11.8 Å². The number of ether oxygens (including phenoxy) is 1. The van der Waals surface area contributed by atoms with E-state index in [1.54, 1.807) is 6.08 Å². The maximum absolute atomic E-state index is 11.9. The fourth-order valence-corrected chi connectivity index (χ4v) is 2.30. The van der Waals surface area contributed by atoms with Crippen LogP contribution in [0.1, 0.15) is 18.1 Å². The average molecular weight is 352 g/mol. The van der Waals surface area contributed by atoms with Crippen LogP contribution >= 0.6 is 0 Å². The SMILES string of the molecule is CCOc1ccc(CC(=O)NCCNC(=O)/C=C/c2ccccc2)cc1. The summed E-state index contributed by atoms with van der Waals surface area (Å²) >= 11 is 0. The van der Waals surface area contributed by atoms with E-state index in [0.717, 1.165) is 16.9 Å². The van der Waals surface area contributed by atoms with E-state index in [9.17, 15) is 9.59 Å². The molecular formula is C21H24N2O3. The van der Waals surface area contributed by atoms with Gasteiger partial charge in [-0.15, -0.1) is 0 Å². The minimum absolute atomic E-state index is 0.0803. The molecule has 0 aromatic heterocycles. The molecule has 26 heavy (non-hydrogen) atoms. The van der Waals surface area contributed by atoms with Gasteiger partial charge < -0.3 is 15.4 Å². The first-order valence-electron chi connectivity index (χ1n) is 8.67. The lowest BCUT2D eigenvalue weighted by molar-refractivity contribution is -0.121. The molecule has 2 N–H and O–H groups in total. The van der Waals surface area contributed by atoms with E-state index in [2.05, 4.69) is 10.6 Å². The lowest BCUT2D eigenvalue weighted by Gasteiger charge is -2.07. The molecule has 2 rings (SSSR count). The first-order chi connectivity index (χ1) is 12.7. The number of nitrogens with one attached hydrogen (secondary N) is 2. The van der Waals surface area contributed by atoms with Gasteiger partial charge in [-0.05, 0) is 36.3 Å². The van der Waals surface area contributed by atoms with Crippen LogP contribution in [0.5, 0.6) is 5.75 Å². The fraction of sp³-hybridized carbons (Fsp3) is 0.238. The van der Waals surface area contributed by atoms with Gasteiger partial charge in [0.1, 0.15) is 5.75 Å². The maximum Gasteiger partial charge on any atom is 0.244 e. The molecule has 0 saturated carbocycles. The molecule has 0 aliphatic heterocycles. The fourth-order valence-electron chi connectivity index (χ4n) is 2.30. The third-order valence-corrected chi connectivity index (χ3v) is 3.57. The number of carbonyl (C=O) groups excluding carboxylic acids is 2. The summed E-state index contributed by atoms with van der Waals surface area (Å²) in [7, 11) is 0. The van der Waals surface area contributed by atoms with Crippen molar-refractivity contribution in [2.24, 2.45) is 0 Å². The van der Waals surface area contributed by atoms with E-state index in [4.69, 9.17) is 4.74 Å². The molecule has 0 aliphatic carbocycles. The van der Waals surface area contributed by atoms with Crippen LogP contribution in [0, 0.1) is 0 Å². The quantitative estimate of drug-likeness (QED) is 0.538. The van der Waals surface area contributed by atoms with Gasteiger partial charge in [0.25, 0.3) is 0 Å². The second kappa shape index (κ2) is 10.7. The number of amides is 2. The zero-order chi connectivity index (χ0) is 18.6. The Morgan fingerprint density at radius 3 is 2.35 bits per heavy atom. The van der Waals surface area contributed by atoms with Crippen LogP contribution in [0.4, 0.5) is 0 Å². The van der Waals surface area contributed by atoms with Crippen LogP contribution in [-0.4, -0.2) is 31.5 Å². The normalized spacial score (nSPS) is 10.5. The van der Waals surface area contributed by atoms with Crippen molar-refractivity contribution in [2.75, 3.05) is 19.7 Å². The monoisotopic (exact) mass is 352 g/mol. The van der Waals surface area contributed by atoms with E-state index in [1.165, 1.54) is 6.08 Å². The Morgan fingerprint density at radius 2 is 1.65 bits per heavy atom. The number of hydrogen-bond acceptors (Lipinski definition) is 3. The summed E-state index contributed by atoms with van der Waals surface area (Å²) in [4.78, 5) is 23.6.